The van der Waals surface area contributed by atoms with Crippen molar-refractivity contribution >= 4 is 17.5 Å². The van der Waals surface area contributed by atoms with E-state index in [2.05, 4.69) is 31.4 Å². The first-order chi connectivity index (χ1) is 10.7. The third kappa shape index (κ3) is 7.28. The van der Waals surface area contributed by atoms with Crippen LogP contribution in [0.5, 0.6) is 0 Å². The largest absolute Gasteiger partial charge is 0.355 e. The van der Waals surface area contributed by atoms with Gasteiger partial charge in [0.1, 0.15) is 0 Å². The van der Waals surface area contributed by atoms with Gasteiger partial charge in [0.15, 0.2) is 0 Å². The number of likely N-dealkylation sites (N-methyl/N-ethyl adjacent to an activating group) is 1. The summed E-state index contributed by atoms with van der Waals surface area (Å²) in [6, 6.07) is 7.87. The summed E-state index contributed by atoms with van der Waals surface area (Å²) in [5.41, 5.74) is 2.08. The van der Waals surface area contributed by atoms with E-state index in [-0.39, 0.29) is 30.3 Å². The number of amides is 2. The van der Waals surface area contributed by atoms with Crippen molar-refractivity contribution in [1.82, 2.24) is 10.2 Å². The number of hydrogen-bond acceptors (Lipinski definition) is 3. The summed E-state index contributed by atoms with van der Waals surface area (Å²) in [5, 5.41) is 5.65. The normalized spacial score (nSPS) is 11.4. The average molecular weight is 319 g/mol. The monoisotopic (exact) mass is 319 g/mol. The van der Waals surface area contributed by atoms with Crippen LogP contribution in [0.1, 0.15) is 39.7 Å². The Kier molecular flexibility index (Phi) is 7.23. The fourth-order valence-electron chi connectivity index (χ4n) is 2.12. The zero-order valence-corrected chi connectivity index (χ0v) is 14.9. The minimum Gasteiger partial charge on any atom is -0.355 e. The van der Waals surface area contributed by atoms with Crippen LogP contribution >= 0.6 is 0 Å². The van der Waals surface area contributed by atoms with Gasteiger partial charge in [-0.1, -0.05) is 39.8 Å². The van der Waals surface area contributed by atoms with E-state index in [9.17, 15) is 9.59 Å². The Morgan fingerprint density at radius 3 is 2.13 bits per heavy atom. The van der Waals surface area contributed by atoms with E-state index in [4.69, 9.17) is 0 Å². The maximum Gasteiger partial charge on any atom is 0.238 e. The van der Waals surface area contributed by atoms with Gasteiger partial charge >= 0.3 is 0 Å². The quantitative estimate of drug-likeness (QED) is 0.811. The van der Waals surface area contributed by atoms with Gasteiger partial charge in [0, 0.05) is 12.2 Å². The molecule has 0 saturated heterocycles. The van der Waals surface area contributed by atoms with Crippen LogP contribution in [0, 0.1) is 0 Å². The molecule has 5 heteroatoms. The van der Waals surface area contributed by atoms with Gasteiger partial charge in [-0.2, -0.15) is 0 Å². The second-order valence-corrected chi connectivity index (χ2v) is 6.90. The fraction of sp³-hybridized carbons (Fsp3) is 0.556. The molecular weight excluding hydrogens is 290 g/mol. The zero-order chi connectivity index (χ0) is 17.5. The van der Waals surface area contributed by atoms with Crippen molar-refractivity contribution in [2.24, 2.45) is 0 Å². The lowest BCUT2D eigenvalue weighted by molar-refractivity contribution is -0.122. The predicted octanol–water partition coefficient (Wildman–Crippen LogP) is 2.38. The molecule has 0 bridgehead atoms. The van der Waals surface area contributed by atoms with Crippen LogP contribution in [0.4, 0.5) is 5.69 Å². The first kappa shape index (κ1) is 19.2. The number of anilines is 1. The number of nitrogens with zero attached hydrogens (tertiary/aromatic N) is 1. The highest BCUT2D eigenvalue weighted by Gasteiger charge is 2.14. The van der Waals surface area contributed by atoms with Crippen molar-refractivity contribution in [2.45, 2.75) is 39.5 Å². The first-order valence-corrected chi connectivity index (χ1v) is 8.08. The summed E-state index contributed by atoms with van der Waals surface area (Å²) in [7, 11) is 1.76. The highest BCUT2D eigenvalue weighted by molar-refractivity contribution is 5.92. The molecule has 0 aromatic heterocycles. The molecule has 1 rings (SSSR count). The smallest absolute Gasteiger partial charge is 0.238 e. The second kappa shape index (κ2) is 8.67. The lowest BCUT2D eigenvalue weighted by atomic mass is 9.87. The summed E-state index contributed by atoms with van der Waals surface area (Å²) in [6.07, 6.45) is 0.903. The Labute approximate surface area is 139 Å². The zero-order valence-electron chi connectivity index (χ0n) is 14.9. The van der Waals surface area contributed by atoms with E-state index in [1.807, 2.05) is 31.2 Å². The van der Waals surface area contributed by atoms with E-state index >= 15 is 0 Å². The predicted molar refractivity (Wildman–Crippen MR) is 94.6 cm³/mol. The van der Waals surface area contributed by atoms with Gasteiger partial charge in [-0.3, -0.25) is 14.5 Å². The van der Waals surface area contributed by atoms with Crippen LogP contribution < -0.4 is 10.6 Å². The summed E-state index contributed by atoms with van der Waals surface area (Å²) >= 11 is 0. The van der Waals surface area contributed by atoms with Crippen molar-refractivity contribution in [3.8, 4) is 0 Å². The SMILES string of the molecule is CCCNC(=O)CN(C)CC(=O)Nc1ccc(C(C)(C)C)cc1. The Bertz CT molecular complexity index is 518. The third-order valence-electron chi connectivity index (χ3n) is 3.43. The van der Waals surface area contributed by atoms with Crippen molar-refractivity contribution in [3.63, 3.8) is 0 Å². The summed E-state index contributed by atoms with van der Waals surface area (Å²) in [6.45, 7) is 9.52. The molecule has 0 heterocycles. The molecule has 0 fully saturated rings. The Hall–Kier alpha value is -1.88. The molecule has 0 spiro atoms. The van der Waals surface area contributed by atoms with Crippen LogP contribution in [0.25, 0.3) is 0 Å². The number of benzene rings is 1. The van der Waals surface area contributed by atoms with Gasteiger partial charge in [0.25, 0.3) is 0 Å². The number of carbonyl (C=O) groups excluding carboxylic acids is 2. The van der Waals surface area contributed by atoms with Crippen molar-refractivity contribution in [3.05, 3.63) is 29.8 Å². The average Bonchev–Trinajstić information content (AvgIpc) is 2.44. The topological polar surface area (TPSA) is 61.4 Å². The molecule has 23 heavy (non-hydrogen) atoms. The minimum atomic E-state index is -0.126. The molecule has 0 atom stereocenters. The lowest BCUT2D eigenvalue weighted by Gasteiger charge is -2.19. The Morgan fingerprint density at radius 2 is 1.61 bits per heavy atom. The molecule has 0 aliphatic carbocycles. The van der Waals surface area contributed by atoms with Gasteiger partial charge < -0.3 is 10.6 Å². The number of nitrogens with one attached hydrogen (secondary N) is 2. The van der Waals surface area contributed by atoms with Gasteiger partial charge in [-0.25, -0.2) is 0 Å². The molecule has 0 aliphatic rings. The molecule has 0 aliphatic heterocycles. The van der Waals surface area contributed by atoms with Crippen LogP contribution in [0.2, 0.25) is 0 Å². The molecule has 0 radical (unpaired) electrons. The Morgan fingerprint density at radius 1 is 1.04 bits per heavy atom. The van der Waals surface area contributed by atoms with E-state index in [1.54, 1.807) is 11.9 Å². The van der Waals surface area contributed by atoms with Crippen LogP contribution in [0.3, 0.4) is 0 Å². The molecular formula is C18H29N3O2. The highest BCUT2D eigenvalue weighted by atomic mass is 16.2. The van der Waals surface area contributed by atoms with Gasteiger partial charge in [0.05, 0.1) is 13.1 Å². The van der Waals surface area contributed by atoms with Crippen LogP contribution in [0.15, 0.2) is 24.3 Å². The maximum atomic E-state index is 12.0. The number of carbonyl (C=O) groups is 2. The van der Waals surface area contributed by atoms with Crippen molar-refractivity contribution in [1.29, 1.82) is 0 Å². The molecule has 128 valence electrons. The molecule has 2 amide bonds. The molecule has 0 unspecified atom stereocenters. The summed E-state index contributed by atoms with van der Waals surface area (Å²) in [5.74, 6) is -0.184. The van der Waals surface area contributed by atoms with E-state index < -0.39 is 0 Å². The van der Waals surface area contributed by atoms with Crippen LogP contribution in [-0.2, 0) is 15.0 Å². The van der Waals surface area contributed by atoms with E-state index in [0.717, 1.165) is 12.1 Å². The van der Waals surface area contributed by atoms with E-state index in [0.29, 0.717) is 6.54 Å². The first-order valence-electron chi connectivity index (χ1n) is 8.08. The van der Waals surface area contributed by atoms with E-state index in [1.165, 1.54) is 5.56 Å². The molecule has 1 aromatic rings. The van der Waals surface area contributed by atoms with Crippen LogP contribution in [-0.4, -0.2) is 43.4 Å². The minimum absolute atomic E-state index is 0.0586. The lowest BCUT2D eigenvalue weighted by Crippen LogP contribution is -2.39. The molecule has 1 aromatic carbocycles. The number of hydrogen-bond donors (Lipinski definition) is 2. The highest BCUT2D eigenvalue weighted by Crippen LogP contribution is 2.23. The molecule has 5 nitrogen and oxygen atoms in total. The maximum absolute atomic E-state index is 12.0. The Balaban J connectivity index is 2.45. The third-order valence-corrected chi connectivity index (χ3v) is 3.43. The van der Waals surface area contributed by atoms with Gasteiger partial charge in [-0.05, 0) is 36.6 Å². The standard InChI is InChI=1S/C18H29N3O2/c1-6-11-19-16(22)12-21(5)13-17(23)20-15-9-7-14(8-10-15)18(2,3)4/h7-10H,6,11-13H2,1-5H3,(H,19,22)(H,20,23). The number of rotatable bonds is 7. The van der Waals surface area contributed by atoms with Crippen molar-refractivity contribution < 1.29 is 9.59 Å². The molecule has 2 N–H and O–H groups in total. The summed E-state index contributed by atoms with van der Waals surface area (Å²) < 4.78 is 0. The van der Waals surface area contributed by atoms with Gasteiger partial charge in [-0.15, -0.1) is 0 Å². The van der Waals surface area contributed by atoms with Crippen molar-refractivity contribution in [2.75, 3.05) is 32.0 Å². The second-order valence-electron chi connectivity index (χ2n) is 6.90. The summed E-state index contributed by atoms with van der Waals surface area (Å²) in [4.78, 5) is 25.3. The van der Waals surface area contributed by atoms with Gasteiger partial charge in [0.2, 0.25) is 11.8 Å². The molecule has 0 saturated carbocycles. The fourth-order valence-corrected chi connectivity index (χ4v) is 2.12.